The number of benzene rings is 2. The maximum Gasteiger partial charge on any atom is 0.145 e. The minimum Gasteiger partial charge on any atom is -0.481 e. The van der Waals surface area contributed by atoms with Crippen molar-refractivity contribution in [3.63, 3.8) is 0 Å². The van der Waals surface area contributed by atoms with E-state index < -0.39 is 6.10 Å². The van der Waals surface area contributed by atoms with Gasteiger partial charge in [-0.25, -0.2) is 0 Å². The SMILES string of the molecule is O[C@H]1CCc2c(Nc3ccc4c(c3)O[C@H](c3ccoc3)CN4CCc3c[nH]c4ccccc34)ccnc21. The minimum atomic E-state index is -0.481. The van der Waals surface area contributed by atoms with E-state index in [2.05, 4.69) is 68.8 Å². The summed E-state index contributed by atoms with van der Waals surface area (Å²) in [6.45, 7) is 1.62. The molecule has 1 aliphatic heterocycles. The Kier molecular flexibility index (Phi) is 5.36. The van der Waals surface area contributed by atoms with Gasteiger partial charge in [-0.1, -0.05) is 18.2 Å². The number of aromatic amines is 1. The number of para-hydroxylation sites is 1. The number of aliphatic hydroxyl groups is 1. The van der Waals surface area contributed by atoms with Crippen LogP contribution >= 0.6 is 0 Å². The van der Waals surface area contributed by atoms with Gasteiger partial charge in [0.05, 0.1) is 36.6 Å². The first-order valence-corrected chi connectivity index (χ1v) is 12.8. The normalized spacial score (nSPS) is 18.5. The van der Waals surface area contributed by atoms with E-state index in [1.807, 2.05) is 12.1 Å². The lowest BCUT2D eigenvalue weighted by atomic mass is 10.1. The number of aromatic nitrogens is 2. The van der Waals surface area contributed by atoms with Crippen molar-refractivity contribution in [2.24, 2.45) is 0 Å². The number of nitrogens with zero attached hydrogens (tertiary/aromatic N) is 2. The number of ether oxygens (including phenoxy) is 1. The fraction of sp³-hybridized carbons (Fsp3) is 0.233. The molecule has 1 aliphatic carbocycles. The third kappa shape index (κ3) is 4.01. The Bertz CT molecular complexity index is 1560. The van der Waals surface area contributed by atoms with Gasteiger partial charge in [-0.2, -0.15) is 0 Å². The molecule has 4 heterocycles. The molecule has 7 rings (SSSR count). The van der Waals surface area contributed by atoms with E-state index in [1.165, 1.54) is 16.5 Å². The third-order valence-electron chi connectivity index (χ3n) is 7.55. The molecule has 0 fully saturated rings. The quantitative estimate of drug-likeness (QED) is 0.267. The molecule has 3 aromatic heterocycles. The number of hydrogen-bond donors (Lipinski definition) is 3. The molecule has 0 spiro atoms. The zero-order chi connectivity index (χ0) is 24.8. The predicted octanol–water partition coefficient (Wildman–Crippen LogP) is 6.06. The summed E-state index contributed by atoms with van der Waals surface area (Å²) < 4.78 is 11.9. The fourth-order valence-corrected chi connectivity index (χ4v) is 5.62. The molecule has 7 heteroatoms. The topological polar surface area (TPSA) is 86.5 Å². The van der Waals surface area contributed by atoms with Gasteiger partial charge in [0.1, 0.15) is 11.9 Å². The molecule has 0 saturated carbocycles. The Morgan fingerprint density at radius 2 is 2.08 bits per heavy atom. The summed E-state index contributed by atoms with van der Waals surface area (Å²) in [5.74, 6) is 0.840. The Morgan fingerprint density at radius 3 is 3.00 bits per heavy atom. The van der Waals surface area contributed by atoms with Crippen LogP contribution in [-0.2, 0) is 12.8 Å². The minimum absolute atomic E-state index is 0.121. The molecule has 0 saturated heterocycles. The van der Waals surface area contributed by atoms with Gasteiger partial charge in [0.25, 0.3) is 0 Å². The second-order valence-corrected chi connectivity index (χ2v) is 9.80. The predicted molar refractivity (Wildman–Crippen MR) is 144 cm³/mol. The second kappa shape index (κ2) is 9.01. The number of hydrogen-bond acceptors (Lipinski definition) is 6. The number of anilines is 3. The molecule has 0 unspecified atom stereocenters. The highest BCUT2D eigenvalue weighted by molar-refractivity contribution is 5.83. The molecule has 186 valence electrons. The van der Waals surface area contributed by atoms with E-state index in [9.17, 15) is 5.11 Å². The van der Waals surface area contributed by atoms with Crippen LogP contribution in [0.5, 0.6) is 5.75 Å². The first-order chi connectivity index (χ1) is 18.2. The van der Waals surface area contributed by atoms with Crippen LogP contribution in [0.25, 0.3) is 10.9 Å². The summed E-state index contributed by atoms with van der Waals surface area (Å²) >= 11 is 0. The standard InChI is InChI=1S/C30H28N4O3/c35-27-8-6-23-25(9-12-31-30(23)27)33-21-5-7-26-28(15-21)37-29(20-11-14-36-18-20)17-34(26)13-10-19-16-32-24-4-2-1-3-22(19)24/h1-5,7,9,11-12,14-16,18,27,29,32,35H,6,8,10,13,17H2,(H,31,33)/t27-,29-/m0/s1. The van der Waals surface area contributed by atoms with Crippen LogP contribution in [0.1, 0.15) is 41.0 Å². The van der Waals surface area contributed by atoms with Crippen LogP contribution in [0.15, 0.2) is 83.9 Å². The van der Waals surface area contributed by atoms with Crippen LogP contribution in [0.4, 0.5) is 17.1 Å². The molecule has 3 N–H and O–H groups in total. The Hall–Kier alpha value is -4.23. The van der Waals surface area contributed by atoms with Gasteiger partial charge < -0.3 is 29.5 Å². The number of pyridine rings is 1. The van der Waals surface area contributed by atoms with Crippen molar-refractivity contribution in [1.29, 1.82) is 0 Å². The molecule has 37 heavy (non-hydrogen) atoms. The average Bonchev–Trinajstić information content (AvgIpc) is 3.68. The van der Waals surface area contributed by atoms with Gasteiger partial charge in [0.2, 0.25) is 0 Å². The molecule has 0 bridgehead atoms. The number of H-pyrrole nitrogens is 1. The zero-order valence-electron chi connectivity index (χ0n) is 20.4. The van der Waals surface area contributed by atoms with Crippen molar-refractivity contribution < 1.29 is 14.3 Å². The smallest absolute Gasteiger partial charge is 0.145 e. The molecule has 7 nitrogen and oxygen atoms in total. The van der Waals surface area contributed by atoms with Crippen LogP contribution in [0.3, 0.4) is 0 Å². The summed E-state index contributed by atoms with van der Waals surface area (Å²) in [6, 6.07) is 18.7. The summed E-state index contributed by atoms with van der Waals surface area (Å²) in [5, 5.41) is 15.0. The van der Waals surface area contributed by atoms with E-state index in [-0.39, 0.29) is 6.10 Å². The van der Waals surface area contributed by atoms with Crippen LogP contribution in [0.2, 0.25) is 0 Å². The third-order valence-corrected chi connectivity index (χ3v) is 7.55. The highest BCUT2D eigenvalue weighted by Crippen LogP contribution is 2.41. The van der Waals surface area contributed by atoms with Crippen molar-refractivity contribution in [2.75, 3.05) is 23.3 Å². The van der Waals surface area contributed by atoms with Crippen molar-refractivity contribution in [3.05, 3.63) is 102 Å². The van der Waals surface area contributed by atoms with Gasteiger partial charge in [-0.3, -0.25) is 4.98 Å². The Balaban J connectivity index is 1.18. The first kappa shape index (κ1) is 22.0. The van der Waals surface area contributed by atoms with E-state index in [1.54, 1.807) is 18.7 Å². The number of fused-ring (bicyclic) bond motifs is 3. The molecular formula is C30H28N4O3. The van der Waals surface area contributed by atoms with Gasteiger partial charge in [-0.15, -0.1) is 0 Å². The molecule has 2 aliphatic rings. The molecule has 0 amide bonds. The van der Waals surface area contributed by atoms with Crippen LogP contribution in [0, 0.1) is 0 Å². The lowest BCUT2D eigenvalue weighted by molar-refractivity contribution is 0.176. The lowest BCUT2D eigenvalue weighted by Gasteiger charge is -2.36. The molecule has 2 atom stereocenters. The lowest BCUT2D eigenvalue weighted by Crippen LogP contribution is -2.36. The average molecular weight is 493 g/mol. The largest absolute Gasteiger partial charge is 0.481 e. The Morgan fingerprint density at radius 1 is 1.14 bits per heavy atom. The number of nitrogens with one attached hydrogen (secondary N) is 2. The number of furan rings is 1. The molecule has 0 radical (unpaired) electrons. The van der Waals surface area contributed by atoms with Crippen molar-refractivity contribution >= 4 is 28.0 Å². The fourth-order valence-electron chi connectivity index (χ4n) is 5.62. The monoisotopic (exact) mass is 492 g/mol. The summed E-state index contributed by atoms with van der Waals surface area (Å²) in [5.41, 5.74) is 8.39. The van der Waals surface area contributed by atoms with Crippen LogP contribution in [-0.4, -0.2) is 28.2 Å². The van der Waals surface area contributed by atoms with Crippen molar-refractivity contribution in [1.82, 2.24) is 9.97 Å². The number of aliphatic hydroxyl groups excluding tert-OH is 1. The van der Waals surface area contributed by atoms with Gasteiger partial charge in [-0.05, 0) is 60.7 Å². The summed E-state index contributed by atoms with van der Waals surface area (Å²) in [4.78, 5) is 10.2. The number of rotatable bonds is 6. The van der Waals surface area contributed by atoms with E-state index in [0.29, 0.717) is 6.42 Å². The van der Waals surface area contributed by atoms with Crippen molar-refractivity contribution in [2.45, 2.75) is 31.5 Å². The van der Waals surface area contributed by atoms with Crippen LogP contribution < -0.4 is 15.0 Å². The zero-order valence-corrected chi connectivity index (χ0v) is 20.4. The van der Waals surface area contributed by atoms with E-state index >= 15 is 0 Å². The molecular weight excluding hydrogens is 464 g/mol. The van der Waals surface area contributed by atoms with Crippen molar-refractivity contribution in [3.8, 4) is 5.75 Å². The van der Waals surface area contributed by atoms with E-state index in [4.69, 9.17) is 9.15 Å². The van der Waals surface area contributed by atoms with Gasteiger partial charge in [0.15, 0.2) is 0 Å². The molecule has 5 aromatic rings. The first-order valence-electron chi connectivity index (χ1n) is 12.8. The van der Waals surface area contributed by atoms with E-state index in [0.717, 1.165) is 65.6 Å². The van der Waals surface area contributed by atoms with Gasteiger partial charge in [0, 0.05) is 52.8 Å². The molecule has 2 aromatic carbocycles. The highest BCUT2D eigenvalue weighted by atomic mass is 16.5. The Labute approximate surface area is 214 Å². The highest BCUT2D eigenvalue weighted by Gasteiger charge is 2.29. The maximum atomic E-state index is 10.2. The summed E-state index contributed by atoms with van der Waals surface area (Å²) in [7, 11) is 0. The summed E-state index contributed by atoms with van der Waals surface area (Å²) in [6.07, 6.45) is 9.19. The maximum absolute atomic E-state index is 10.2. The second-order valence-electron chi connectivity index (χ2n) is 9.80. The van der Waals surface area contributed by atoms with Gasteiger partial charge >= 0.3 is 0 Å².